The number of nitriles is 1. The molecule has 3 heterocycles. The average molecular weight is 682 g/mol. The van der Waals surface area contributed by atoms with Crippen molar-refractivity contribution in [2.45, 2.75) is 77.9 Å². The number of amides is 1. The predicted octanol–water partition coefficient (Wildman–Crippen LogP) is 5.42. The molecule has 1 saturated heterocycles. The molecule has 13 nitrogen and oxygen atoms in total. The zero-order valence-corrected chi connectivity index (χ0v) is 29.2. The number of aromatic nitrogens is 2. The predicted molar refractivity (Wildman–Crippen MR) is 191 cm³/mol. The van der Waals surface area contributed by atoms with Gasteiger partial charge in [-0.3, -0.25) is 19.1 Å². The Bertz CT molecular complexity index is 2010. The van der Waals surface area contributed by atoms with Gasteiger partial charge in [-0.05, 0) is 70.4 Å². The molecule has 2 aromatic carbocycles. The Labute approximate surface area is 290 Å². The molecule has 1 amide bonds. The Hall–Kier alpha value is -5.32. The number of aryl methyl sites for hydroxylation is 1. The number of allylic oxidation sites excluding steroid dienone is 1. The number of H-pyrrole nitrogens is 1. The molecule has 0 radical (unpaired) electrons. The molecule has 1 unspecified atom stereocenters. The number of rotatable bonds is 11. The Balaban J connectivity index is 1.22. The molecule has 0 saturated carbocycles. The molecule has 0 spiro atoms. The number of aliphatic hydroxyl groups is 1. The fourth-order valence-corrected chi connectivity index (χ4v) is 6.33. The summed E-state index contributed by atoms with van der Waals surface area (Å²) >= 11 is 0. The minimum absolute atomic E-state index is 0.140. The van der Waals surface area contributed by atoms with Crippen molar-refractivity contribution in [1.82, 2.24) is 14.9 Å². The van der Waals surface area contributed by atoms with Crippen LogP contribution in [0, 0.1) is 18.3 Å². The first-order valence-electron chi connectivity index (χ1n) is 16.6. The number of anilines is 1. The quantitative estimate of drug-likeness (QED) is 0.225. The van der Waals surface area contributed by atoms with Crippen molar-refractivity contribution in [3.8, 4) is 11.8 Å². The normalized spacial score (nSPS) is 19.8. The average Bonchev–Trinajstić information content (AvgIpc) is 3.41. The number of hydrogen-bond donors (Lipinski definition) is 3. The number of hydrogen-bond acceptors (Lipinski definition) is 10. The lowest BCUT2D eigenvalue weighted by Gasteiger charge is -2.43. The van der Waals surface area contributed by atoms with E-state index in [0.29, 0.717) is 35.7 Å². The SMILES string of the molecule is COc1cc2c(cc1/N=N/c1ccc(C)cc1C#N)C(C)=CC(C)(C)N2CCCC(=O)NC/C=C/c1cn([C@H]2CC(O)[C@@H](C)O2)c(=O)[nH]c1=O. The zero-order valence-electron chi connectivity index (χ0n) is 29.2. The molecule has 3 N–H and O–H groups in total. The van der Waals surface area contributed by atoms with E-state index in [1.807, 2.05) is 25.1 Å². The van der Waals surface area contributed by atoms with Gasteiger partial charge in [0.1, 0.15) is 29.4 Å². The summed E-state index contributed by atoms with van der Waals surface area (Å²) < 4.78 is 12.6. The summed E-state index contributed by atoms with van der Waals surface area (Å²) in [6, 6.07) is 11.5. The number of aliphatic hydroxyl groups excluding tert-OH is 1. The smallest absolute Gasteiger partial charge is 0.330 e. The highest BCUT2D eigenvalue weighted by molar-refractivity contribution is 5.85. The third kappa shape index (κ3) is 7.93. The van der Waals surface area contributed by atoms with Crippen LogP contribution in [0.15, 0.2) is 68.5 Å². The van der Waals surface area contributed by atoms with E-state index >= 15 is 0 Å². The second-order valence-electron chi connectivity index (χ2n) is 13.2. The third-order valence-electron chi connectivity index (χ3n) is 8.98. The maximum atomic E-state index is 12.8. The zero-order chi connectivity index (χ0) is 36.2. The highest BCUT2D eigenvalue weighted by atomic mass is 16.5. The maximum Gasteiger partial charge on any atom is 0.330 e. The fourth-order valence-electron chi connectivity index (χ4n) is 6.33. The van der Waals surface area contributed by atoms with Crippen molar-refractivity contribution in [3.63, 3.8) is 0 Å². The molecular formula is C37H43N7O6. The number of azo groups is 1. The van der Waals surface area contributed by atoms with Crippen LogP contribution in [-0.4, -0.2) is 58.5 Å². The number of ether oxygens (including phenoxy) is 2. The summed E-state index contributed by atoms with van der Waals surface area (Å²) in [5.74, 6) is 0.397. The molecule has 2 aliphatic rings. The van der Waals surface area contributed by atoms with E-state index in [0.717, 1.165) is 22.4 Å². The van der Waals surface area contributed by atoms with Gasteiger partial charge in [0.2, 0.25) is 5.91 Å². The van der Waals surface area contributed by atoms with Gasteiger partial charge in [0.25, 0.3) is 5.56 Å². The molecule has 1 aromatic heterocycles. The summed E-state index contributed by atoms with van der Waals surface area (Å²) in [5.41, 5.74) is 4.16. The number of nitrogens with one attached hydrogen (secondary N) is 2. The highest BCUT2D eigenvalue weighted by Crippen LogP contribution is 2.45. The van der Waals surface area contributed by atoms with Crippen LogP contribution in [0.4, 0.5) is 17.1 Å². The van der Waals surface area contributed by atoms with Gasteiger partial charge >= 0.3 is 5.69 Å². The maximum absolute atomic E-state index is 12.8. The van der Waals surface area contributed by atoms with Gasteiger partial charge in [-0.1, -0.05) is 24.3 Å². The van der Waals surface area contributed by atoms with E-state index in [4.69, 9.17) is 9.47 Å². The lowest BCUT2D eigenvalue weighted by atomic mass is 9.88. The van der Waals surface area contributed by atoms with Crippen molar-refractivity contribution in [3.05, 3.63) is 91.8 Å². The van der Waals surface area contributed by atoms with Crippen molar-refractivity contribution in [2.75, 3.05) is 25.1 Å². The second-order valence-corrected chi connectivity index (χ2v) is 13.2. The number of methoxy groups -OCH3 is 1. The minimum atomic E-state index is -0.701. The van der Waals surface area contributed by atoms with Gasteiger partial charge in [-0.15, -0.1) is 10.2 Å². The molecule has 1 fully saturated rings. The van der Waals surface area contributed by atoms with Crippen molar-refractivity contribution < 1.29 is 19.4 Å². The summed E-state index contributed by atoms with van der Waals surface area (Å²) in [4.78, 5) is 42.0. The topological polar surface area (TPSA) is 174 Å². The number of aromatic amines is 1. The van der Waals surface area contributed by atoms with Crippen LogP contribution in [0.2, 0.25) is 0 Å². The molecule has 2 aliphatic heterocycles. The molecule has 0 bridgehead atoms. The highest BCUT2D eigenvalue weighted by Gasteiger charge is 2.33. The van der Waals surface area contributed by atoms with E-state index in [1.165, 1.54) is 16.8 Å². The molecule has 13 heteroatoms. The number of fused-ring (bicyclic) bond motifs is 1. The van der Waals surface area contributed by atoms with Crippen LogP contribution in [-0.2, 0) is 9.53 Å². The Kier molecular flexibility index (Phi) is 10.8. The molecule has 50 heavy (non-hydrogen) atoms. The van der Waals surface area contributed by atoms with Crippen LogP contribution in [0.3, 0.4) is 0 Å². The summed E-state index contributed by atoms with van der Waals surface area (Å²) in [6.45, 7) is 10.7. The van der Waals surface area contributed by atoms with Crippen molar-refractivity contribution in [2.24, 2.45) is 10.2 Å². The molecule has 5 rings (SSSR count). The number of carbonyl (C=O) groups is 1. The van der Waals surface area contributed by atoms with Gasteiger partial charge < -0.3 is 24.8 Å². The monoisotopic (exact) mass is 681 g/mol. The Morgan fingerprint density at radius 1 is 1.22 bits per heavy atom. The van der Waals surface area contributed by atoms with Crippen molar-refractivity contribution >= 4 is 34.6 Å². The van der Waals surface area contributed by atoms with E-state index in [9.17, 15) is 24.8 Å². The lowest BCUT2D eigenvalue weighted by molar-refractivity contribution is -0.120. The third-order valence-corrected chi connectivity index (χ3v) is 8.98. The summed E-state index contributed by atoms with van der Waals surface area (Å²) in [7, 11) is 1.58. The van der Waals surface area contributed by atoms with Crippen LogP contribution in [0.25, 0.3) is 11.6 Å². The van der Waals surface area contributed by atoms with Crippen molar-refractivity contribution in [1.29, 1.82) is 5.26 Å². The Morgan fingerprint density at radius 3 is 2.68 bits per heavy atom. The fraction of sp³-hybridized carbons (Fsp3) is 0.405. The van der Waals surface area contributed by atoms with E-state index < -0.39 is 29.7 Å². The molecule has 3 aromatic rings. The van der Waals surface area contributed by atoms with Gasteiger partial charge in [-0.25, -0.2) is 4.79 Å². The first-order chi connectivity index (χ1) is 23.8. The lowest BCUT2D eigenvalue weighted by Crippen LogP contribution is -2.45. The minimum Gasteiger partial charge on any atom is -0.494 e. The van der Waals surface area contributed by atoms with E-state index in [2.05, 4.69) is 58.3 Å². The van der Waals surface area contributed by atoms with E-state index in [-0.39, 0.29) is 36.4 Å². The number of benzene rings is 2. The molecular weight excluding hydrogens is 638 g/mol. The van der Waals surface area contributed by atoms with Gasteiger partial charge in [-0.2, -0.15) is 5.26 Å². The standard InChI is InChI=1S/C37H43N7O6/c1-22-11-12-28(26(15-22)20-38)41-42-29-16-27-23(2)19-37(4,5)44(30(27)17-32(29)49-6)14-8-10-33(46)39-13-7-9-25-21-43(36(48)40-35(25)47)34-18-31(45)24(3)50-34/h7,9,11-12,15-17,19,21,24,31,34,45H,8,10,13-14,18H2,1-6H3,(H,39,46)(H,40,47,48)/b9-7+,42-41+/t24-,31?,34-/m1/s1. The second kappa shape index (κ2) is 15.1. The number of nitrogens with zero attached hydrogens (tertiary/aromatic N) is 5. The van der Waals surface area contributed by atoms with Gasteiger partial charge in [0.15, 0.2) is 0 Å². The Morgan fingerprint density at radius 2 is 1.98 bits per heavy atom. The van der Waals surface area contributed by atoms with Gasteiger partial charge in [0.05, 0.1) is 36.0 Å². The summed E-state index contributed by atoms with van der Waals surface area (Å²) in [6.07, 6.45) is 6.07. The first kappa shape index (κ1) is 36.0. The van der Waals surface area contributed by atoms with Crippen LogP contribution >= 0.6 is 0 Å². The summed E-state index contributed by atoms with van der Waals surface area (Å²) in [5, 5.41) is 31.2. The van der Waals surface area contributed by atoms with Crippen LogP contribution in [0.1, 0.15) is 75.4 Å². The molecule has 0 aliphatic carbocycles. The largest absolute Gasteiger partial charge is 0.494 e. The molecule has 3 atom stereocenters. The number of carbonyl (C=O) groups excluding carboxylic acids is 1. The molecule has 262 valence electrons. The van der Waals surface area contributed by atoms with E-state index in [1.54, 1.807) is 32.2 Å². The van der Waals surface area contributed by atoms with Gasteiger partial charge in [0, 0.05) is 49.4 Å². The van der Waals surface area contributed by atoms with Crippen LogP contribution < -0.4 is 26.2 Å². The first-order valence-corrected chi connectivity index (χ1v) is 16.6. The van der Waals surface area contributed by atoms with Crippen LogP contribution in [0.5, 0.6) is 5.75 Å².